The highest BCUT2D eigenvalue weighted by Gasteiger charge is 2.34. The van der Waals surface area contributed by atoms with Gasteiger partial charge in [0.15, 0.2) is 0 Å². The van der Waals surface area contributed by atoms with Gasteiger partial charge in [0.1, 0.15) is 5.82 Å². The van der Waals surface area contributed by atoms with Crippen LogP contribution in [0, 0.1) is 5.82 Å². The lowest BCUT2D eigenvalue weighted by Gasteiger charge is -2.32. The SMILES string of the molecule is CCC1CCCN1C(CN)c1cc(F)cc(C(F)(F)F)c1. The van der Waals surface area contributed by atoms with Crippen molar-refractivity contribution in [3.63, 3.8) is 0 Å². The second-order valence-corrected chi connectivity index (χ2v) is 5.46. The summed E-state index contributed by atoms with van der Waals surface area (Å²) in [5.41, 5.74) is 5.12. The maximum Gasteiger partial charge on any atom is 0.416 e. The van der Waals surface area contributed by atoms with Crippen molar-refractivity contribution in [1.29, 1.82) is 0 Å². The van der Waals surface area contributed by atoms with Crippen molar-refractivity contribution in [2.75, 3.05) is 13.1 Å². The summed E-state index contributed by atoms with van der Waals surface area (Å²) in [4.78, 5) is 2.11. The Labute approximate surface area is 121 Å². The highest BCUT2D eigenvalue weighted by Crippen LogP contribution is 2.35. The normalized spacial score (nSPS) is 21.7. The lowest BCUT2D eigenvalue weighted by atomic mass is 10.0. The molecular formula is C15H20F4N2. The number of hydrogen-bond donors (Lipinski definition) is 1. The Morgan fingerprint density at radius 2 is 2.05 bits per heavy atom. The molecule has 1 aliphatic rings. The van der Waals surface area contributed by atoms with E-state index in [1.165, 1.54) is 0 Å². The molecule has 1 heterocycles. The summed E-state index contributed by atoms with van der Waals surface area (Å²) in [7, 11) is 0. The van der Waals surface area contributed by atoms with Crippen molar-refractivity contribution in [2.24, 2.45) is 5.73 Å². The zero-order valence-electron chi connectivity index (χ0n) is 12.0. The minimum absolute atomic E-state index is 0.178. The summed E-state index contributed by atoms with van der Waals surface area (Å²) in [6.07, 6.45) is -1.63. The number of rotatable bonds is 4. The van der Waals surface area contributed by atoms with E-state index in [0.717, 1.165) is 37.9 Å². The lowest BCUT2D eigenvalue weighted by molar-refractivity contribution is -0.137. The molecule has 1 saturated heterocycles. The Morgan fingerprint density at radius 1 is 1.33 bits per heavy atom. The zero-order chi connectivity index (χ0) is 15.6. The minimum Gasteiger partial charge on any atom is -0.329 e. The Balaban J connectivity index is 2.36. The van der Waals surface area contributed by atoms with E-state index in [4.69, 9.17) is 5.73 Å². The van der Waals surface area contributed by atoms with Crippen LogP contribution in [0.15, 0.2) is 18.2 Å². The van der Waals surface area contributed by atoms with Gasteiger partial charge in [0.05, 0.1) is 5.56 Å². The number of nitrogens with zero attached hydrogens (tertiary/aromatic N) is 1. The summed E-state index contributed by atoms with van der Waals surface area (Å²) >= 11 is 0. The first-order valence-electron chi connectivity index (χ1n) is 7.20. The molecule has 2 unspecified atom stereocenters. The summed E-state index contributed by atoms with van der Waals surface area (Å²) < 4.78 is 52.0. The second-order valence-electron chi connectivity index (χ2n) is 5.46. The van der Waals surface area contributed by atoms with Crippen LogP contribution in [0.5, 0.6) is 0 Å². The predicted octanol–water partition coefficient (Wildman–Crippen LogP) is 3.72. The molecule has 1 aromatic rings. The fourth-order valence-corrected chi connectivity index (χ4v) is 3.14. The molecule has 2 rings (SSSR count). The molecule has 6 heteroatoms. The van der Waals surface area contributed by atoms with E-state index in [1.54, 1.807) is 0 Å². The molecule has 2 N–H and O–H groups in total. The maximum atomic E-state index is 13.6. The van der Waals surface area contributed by atoms with Gasteiger partial charge in [-0.3, -0.25) is 4.90 Å². The van der Waals surface area contributed by atoms with Gasteiger partial charge in [0, 0.05) is 18.6 Å². The van der Waals surface area contributed by atoms with Crippen molar-refractivity contribution in [1.82, 2.24) is 4.90 Å². The van der Waals surface area contributed by atoms with Gasteiger partial charge in [0.25, 0.3) is 0 Å². The first kappa shape index (κ1) is 16.2. The summed E-state index contributed by atoms with van der Waals surface area (Å²) in [5, 5.41) is 0. The van der Waals surface area contributed by atoms with Gasteiger partial charge >= 0.3 is 6.18 Å². The second kappa shape index (κ2) is 6.32. The van der Waals surface area contributed by atoms with E-state index in [9.17, 15) is 17.6 Å². The molecular weight excluding hydrogens is 284 g/mol. The van der Waals surface area contributed by atoms with Gasteiger partial charge in [-0.25, -0.2) is 4.39 Å². The fourth-order valence-electron chi connectivity index (χ4n) is 3.14. The average molecular weight is 304 g/mol. The molecule has 2 atom stereocenters. The molecule has 0 radical (unpaired) electrons. The summed E-state index contributed by atoms with van der Waals surface area (Å²) in [6.45, 7) is 3.01. The average Bonchev–Trinajstić information content (AvgIpc) is 2.86. The van der Waals surface area contributed by atoms with Gasteiger partial charge in [-0.15, -0.1) is 0 Å². The van der Waals surface area contributed by atoms with E-state index in [2.05, 4.69) is 4.90 Å². The van der Waals surface area contributed by atoms with Crippen molar-refractivity contribution < 1.29 is 17.6 Å². The van der Waals surface area contributed by atoms with Gasteiger partial charge in [0.2, 0.25) is 0 Å². The molecule has 0 aromatic heterocycles. The molecule has 1 fully saturated rings. The van der Waals surface area contributed by atoms with Gasteiger partial charge in [-0.1, -0.05) is 6.92 Å². The van der Waals surface area contributed by atoms with Gasteiger partial charge < -0.3 is 5.73 Å². The molecule has 1 aliphatic heterocycles. The molecule has 2 nitrogen and oxygen atoms in total. The number of alkyl halides is 3. The van der Waals surface area contributed by atoms with Crippen molar-refractivity contribution in [3.05, 3.63) is 35.1 Å². The Morgan fingerprint density at radius 3 is 2.62 bits per heavy atom. The van der Waals surface area contributed by atoms with Crippen LogP contribution in [0.4, 0.5) is 17.6 Å². The third kappa shape index (κ3) is 3.55. The van der Waals surface area contributed by atoms with E-state index in [-0.39, 0.29) is 12.6 Å². The number of benzene rings is 1. The number of likely N-dealkylation sites (tertiary alicyclic amines) is 1. The van der Waals surface area contributed by atoms with Crippen LogP contribution in [0.25, 0.3) is 0 Å². The molecule has 0 spiro atoms. The van der Waals surface area contributed by atoms with Crippen LogP contribution < -0.4 is 5.73 Å². The topological polar surface area (TPSA) is 29.3 Å². The van der Waals surface area contributed by atoms with Crippen LogP contribution in [-0.4, -0.2) is 24.0 Å². The molecule has 0 saturated carbocycles. The third-order valence-corrected chi connectivity index (χ3v) is 4.15. The van der Waals surface area contributed by atoms with Crippen LogP contribution in [-0.2, 0) is 6.18 Å². The molecule has 0 bridgehead atoms. The first-order valence-corrected chi connectivity index (χ1v) is 7.20. The number of halogens is 4. The van der Waals surface area contributed by atoms with Crippen LogP contribution in [0.2, 0.25) is 0 Å². The van der Waals surface area contributed by atoms with E-state index in [1.807, 2.05) is 6.92 Å². The summed E-state index contributed by atoms with van der Waals surface area (Å²) in [5.74, 6) is -0.870. The standard InChI is InChI=1S/C15H20F4N2/c1-2-13-4-3-5-21(13)14(9-20)10-6-11(15(17,18)19)8-12(16)7-10/h6-8,13-14H,2-5,9,20H2,1H3. The predicted molar refractivity (Wildman–Crippen MR) is 73.2 cm³/mol. The Bertz CT molecular complexity index is 487. The largest absolute Gasteiger partial charge is 0.416 e. The first-order chi connectivity index (χ1) is 9.86. The van der Waals surface area contributed by atoms with E-state index in [0.29, 0.717) is 17.7 Å². The minimum atomic E-state index is -4.55. The van der Waals surface area contributed by atoms with Crippen LogP contribution in [0.1, 0.15) is 43.4 Å². The van der Waals surface area contributed by atoms with Crippen LogP contribution in [0.3, 0.4) is 0 Å². The van der Waals surface area contributed by atoms with E-state index < -0.39 is 17.6 Å². The van der Waals surface area contributed by atoms with Gasteiger partial charge in [-0.2, -0.15) is 13.2 Å². The van der Waals surface area contributed by atoms with Crippen molar-refractivity contribution in [3.8, 4) is 0 Å². The zero-order valence-corrected chi connectivity index (χ0v) is 12.0. The molecule has 0 aliphatic carbocycles. The third-order valence-electron chi connectivity index (χ3n) is 4.15. The quantitative estimate of drug-likeness (QED) is 0.859. The van der Waals surface area contributed by atoms with E-state index >= 15 is 0 Å². The highest BCUT2D eigenvalue weighted by atomic mass is 19.4. The molecule has 21 heavy (non-hydrogen) atoms. The Hall–Kier alpha value is -1.14. The molecule has 118 valence electrons. The monoisotopic (exact) mass is 304 g/mol. The molecule has 1 aromatic carbocycles. The Kier molecular flexibility index (Phi) is 4.88. The smallest absolute Gasteiger partial charge is 0.329 e. The number of nitrogens with two attached hydrogens (primary N) is 1. The lowest BCUT2D eigenvalue weighted by Crippen LogP contribution is -2.37. The van der Waals surface area contributed by atoms with Gasteiger partial charge in [-0.05, 0) is 49.6 Å². The van der Waals surface area contributed by atoms with Crippen LogP contribution >= 0.6 is 0 Å². The highest BCUT2D eigenvalue weighted by molar-refractivity contribution is 5.29. The number of hydrogen-bond acceptors (Lipinski definition) is 2. The summed E-state index contributed by atoms with van der Waals surface area (Å²) in [6, 6.07) is 2.65. The maximum absolute atomic E-state index is 13.6. The van der Waals surface area contributed by atoms with Crippen molar-refractivity contribution in [2.45, 2.75) is 44.4 Å². The fraction of sp³-hybridized carbons (Fsp3) is 0.600. The van der Waals surface area contributed by atoms with Crippen molar-refractivity contribution >= 4 is 0 Å². The molecule has 0 amide bonds.